The fourth-order valence-corrected chi connectivity index (χ4v) is 8.00. The molecule has 0 spiro atoms. The normalized spacial score (nSPS) is 34.8. The van der Waals surface area contributed by atoms with Crippen molar-refractivity contribution in [3.8, 4) is 0 Å². The van der Waals surface area contributed by atoms with Crippen LogP contribution < -0.4 is 26.6 Å². The molecule has 230 valence electrons. The number of aromatic nitrogens is 1. The molecule has 5 N–H and O–H groups in total. The van der Waals surface area contributed by atoms with Gasteiger partial charge < -0.3 is 24.8 Å². The van der Waals surface area contributed by atoms with Gasteiger partial charge in [0, 0.05) is 41.9 Å². The Bertz CT molecular complexity index is 1390. The number of rotatable bonds is 3. The van der Waals surface area contributed by atoms with E-state index < -0.39 is 0 Å². The van der Waals surface area contributed by atoms with Gasteiger partial charge in [0.05, 0.1) is 30.9 Å². The summed E-state index contributed by atoms with van der Waals surface area (Å²) in [5, 5.41) is 23.5. The van der Waals surface area contributed by atoms with Gasteiger partial charge in [-0.25, -0.2) is 0 Å². The summed E-state index contributed by atoms with van der Waals surface area (Å²) in [6.45, 7) is 4.12. The van der Waals surface area contributed by atoms with E-state index in [1.165, 1.54) is 10.9 Å². The Labute approximate surface area is 252 Å². The topological polar surface area (TPSA) is 118 Å². The van der Waals surface area contributed by atoms with Gasteiger partial charge in [0.1, 0.15) is 19.1 Å². The SMILES string of the molecule is O=C1COC2CCC3NC2N1CCC/C=C\CN1C(=O)C2CNC(Nc4ccc5c(ccn5C5CCNCC5)c4)NC2N31. The van der Waals surface area contributed by atoms with E-state index in [-0.39, 0.29) is 55.2 Å². The van der Waals surface area contributed by atoms with Crippen LogP contribution in [0.4, 0.5) is 5.69 Å². The number of piperidine rings is 2. The lowest BCUT2D eigenvalue weighted by atomic mass is 9.99. The molecule has 0 aliphatic carbocycles. The summed E-state index contributed by atoms with van der Waals surface area (Å²) in [7, 11) is 0. The fourth-order valence-electron chi connectivity index (χ4n) is 8.00. The molecule has 12 heteroatoms. The first-order valence-corrected chi connectivity index (χ1v) is 16.1. The minimum Gasteiger partial charge on any atom is -0.365 e. The molecule has 6 aliphatic heterocycles. The minimum absolute atomic E-state index is 0.0232. The zero-order chi connectivity index (χ0) is 28.9. The number of anilines is 1. The third kappa shape index (κ3) is 5.03. The molecule has 6 atom stereocenters. The number of ether oxygens (including phenoxy) is 1. The molecule has 2 aromatic rings. The van der Waals surface area contributed by atoms with Crippen LogP contribution in [0.1, 0.15) is 44.6 Å². The highest BCUT2D eigenvalue weighted by Gasteiger charge is 2.53. The van der Waals surface area contributed by atoms with Crippen molar-refractivity contribution in [3.63, 3.8) is 0 Å². The third-order valence-electron chi connectivity index (χ3n) is 10.2. The lowest BCUT2D eigenvalue weighted by Gasteiger charge is -2.50. The average Bonchev–Trinajstić information content (AvgIpc) is 3.57. The van der Waals surface area contributed by atoms with Gasteiger partial charge in [0.25, 0.3) is 0 Å². The van der Waals surface area contributed by atoms with Gasteiger partial charge in [-0.3, -0.25) is 30.5 Å². The number of hydrazine groups is 1. The maximum Gasteiger partial charge on any atom is 0.249 e. The van der Waals surface area contributed by atoms with Crippen molar-refractivity contribution < 1.29 is 14.3 Å². The lowest BCUT2D eigenvalue weighted by Crippen LogP contribution is -2.72. The minimum atomic E-state index is -0.210. The second-order valence-corrected chi connectivity index (χ2v) is 12.7. The number of benzene rings is 1. The first-order valence-electron chi connectivity index (χ1n) is 16.1. The molecule has 12 nitrogen and oxygen atoms in total. The van der Waals surface area contributed by atoms with Gasteiger partial charge in [-0.2, -0.15) is 5.01 Å². The zero-order valence-corrected chi connectivity index (χ0v) is 24.6. The highest BCUT2D eigenvalue weighted by Crippen LogP contribution is 2.34. The van der Waals surface area contributed by atoms with E-state index in [0.29, 0.717) is 25.7 Å². The summed E-state index contributed by atoms with van der Waals surface area (Å²) in [5.41, 5.74) is 2.30. The number of hydrogen-bond acceptors (Lipinski definition) is 9. The first kappa shape index (κ1) is 27.5. The number of carbonyl (C=O) groups is 2. The molecule has 0 saturated carbocycles. The van der Waals surface area contributed by atoms with E-state index in [4.69, 9.17) is 4.74 Å². The third-order valence-corrected chi connectivity index (χ3v) is 10.2. The van der Waals surface area contributed by atoms with Crippen LogP contribution in [0.5, 0.6) is 0 Å². The quantitative estimate of drug-likeness (QED) is 0.335. The van der Waals surface area contributed by atoms with Crippen molar-refractivity contribution in [1.29, 1.82) is 0 Å². The molecule has 6 unspecified atom stereocenters. The monoisotopic (exact) mass is 589 g/mol. The molecular weight excluding hydrogens is 546 g/mol. The molecule has 1 aromatic heterocycles. The Morgan fingerprint density at radius 2 is 1.88 bits per heavy atom. The number of carbonyl (C=O) groups excluding carboxylic acids is 2. The molecule has 0 radical (unpaired) electrons. The number of nitrogens with zero attached hydrogens (tertiary/aromatic N) is 4. The van der Waals surface area contributed by atoms with Gasteiger partial charge >= 0.3 is 0 Å². The predicted octanol–water partition coefficient (Wildman–Crippen LogP) is 1.07. The molecule has 5 saturated heterocycles. The van der Waals surface area contributed by atoms with Crippen molar-refractivity contribution in [2.24, 2.45) is 5.92 Å². The van der Waals surface area contributed by atoms with Crippen molar-refractivity contribution >= 4 is 28.4 Å². The summed E-state index contributed by atoms with van der Waals surface area (Å²) in [5.74, 6) is -0.0458. The van der Waals surface area contributed by atoms with Gasteiger partial charge in [0.15, 0.2) is 0 Å². The van der Waals surface area contributed by atoms with Crippen LogP contribution in [-0.2, 0) is 14.3 Å². The summed E-state index contributed by atoms with van der Waals surface area (Å²) in [6.07, 6.45) is 11.5. The number of fused-ring (bicyclic) bond motifs is 6. The van der Waals surface area contributed by atoms with Crippen molar-refractivity contribution in [3.05, 3.63) is 42.6 Å². The molecule has 7 heterocycles. The fraction of sp³-hybridized carbons (Fsp3) is 0.613. The van der Waals surface area contributed by atoms with Crippen LogP contribution in [0, 0.1) is 5.92 Å². The Morgan fingerprint density at radius 3 is 2.79 bits per heavy atom. The lowest BCUT2D eigenvalue weighted by molar-refractivity contribution is -0.176. The van der Waals surface area contributed by atoms with Crippen molar-refractivity contribution in [2.75, 3.05) is 44.6 Å². The van der Waals surface area contributed by atoms with E-state index in [1.54, 1.807) is 0 Å². The molecule has 43 heavy (non-hydrogen) atoms. The average molecular weight is 590 g/mol. The van der Waals surface area contributed by atoms with E-state index >= 15 is 0 Å². The van der Waals surface area contributed by atoms with E-state index in [9.17, 15) is 9.59 Å². The number of nitrogens with one attached hydrogen (secondary N) is 5. The van der Waals surface area contributed by atoms with Gasteiger partial charge in [0.2, 0.25) is 11.8 Å². The number of amides is 2. The van der Waals surface area contributed by atoms with Crippen LogP contribution >= 0.6 is 0 Å². The second-order valence-electron chi connectivity index (χ2n) is 12.7. The Hall–Kier alpha value is -3.00. The number of allylic oxidation sites excluding steroid dienone is 1. The number of morpholine rings is 1. The van der Waals surface area contributed by atoms with Crippen molar-refractivity contribution in [2.45, 2.75) is 75.5 Å². The number of hydrogen-bond donors (Lipinski definition) is 5. The van der Waals surface area contributed by atoms with Crippen LogP contribution in [0.15, 0.2) is 42.6 Å². The maximum atomic E-state index is 13.8. The van der Waals surface area contributed by atoms with Crippen LogP contribution in [0.2, 0.25) is 0 Å². The van der Waals surface area contributed by atoms with Gasteiger partial charge in [-0.15, -0.1) is 0 Å². The Balaban J connectivity index is 1.02. The molecule has 5 fully saturated rings. The van der Waals surface area contributed by atoms with Gasteiger partial charge in [-0.1, -0.05) is 12.2 Å². The van der Waals surface area contributed by atoms with Crippen LogP contribution in [-0.4, -0.2) is 102 Å². The highest BCUT2D eigenvalue weighted by molar-refractivity contribution is 5.84. The molecule has 8 rings (SSSR count). The van der Waals surface area contributed by atoms with Crippen LogP contribution in [0.25, 0.3) is 10.9 Å². The Kier molecular flexibility index (Phi) is 7.36. The smallest absolute Gasteiger partial charge is 0.249 e. The standard InChI is InChI=1S/C31H43N9O3/c41-27-19-43-25-7-8-26-35-29(25)38(27)14-3-1-2-4-15-39-30(42)23-18-33-31(36-28(23)40(26)39)34-21-5-6-24-20(17-21)11-16-37(24)22-9-12-32-13-10-22/h2,4-6,11,16-17,22-23,25-26,28-29,31-36H,1,3,7-10,12-15,18-19H2/b4-2-. The summed E-state index contributed by atoms with van der Waals surface area (Å²) >= 11 is 0. The van der Waals surface area contributed by atoms with Gasteiger partial charge in [-0.05, 0) is 75.9 Å². The summed E-state index contributed by atoms with van der Waals surface area (Å²) in [4.78, 5) is 28.6. The summed E-state index contributed by atoms with van der Waals surface area (Å²) in [6, 6.07) is 9.34. The second kappa shape index (κ2) is 11.5. The first-order chi connectivity index (χ1) is 21.1. The van der Waals surface area contributed by atoms with E-state index in [0.717, 1.165) is 57.3 Å². The van der Waals surface area contributed by atoms with Crippen molar-refractivity contribution in [1.82, 2.24) is 40.8 Å². The predicted molar refractivity (Wildman–Crippen MR) is 162 cm³/mol. The summed E-state index contributed by atoms with van der Waals surface area (Å²) < 4.78 is 8.38. The molecule has 1 aromatic carbocycles. The Morgan fingerprint density at radius 1 is 0.977 bits per heavy atom. The van der Waals surface area contributed by atoms with Crippen LogP contribution in [0.3, 0.4) is 0 Å². The molecule has 2 amide bonds. The van der Waals surface area contributed by atoms with E-state index in [2.05, 4.69) is 78.8 Å². The van der Waals surface area contributed by atoms with E-state index in [1.807, 2.05) is 9.91 Å². The zero-order valence-electron chi connectivity index (χ0n) is 24.6. The molecule has 6 aliphatic rings. The highest BCUT2D eigenvalue weighted by atomic mass is 16.5. The molecule has 2 bridgehead atoms. The molecular formula is C31H43N9O3. The maximum absolute atomic E-state index is 13.8. The largest absolute Gasteiger partial charge is 0.365 e.